The molecule has 554 valence electrons. The molecule has 0 heterocycles. The molecule has 1 amide bonds. The van der Waals surface area contributed by atoms with E-state index in [1.165, 1.54) is 0 Å². The highest BCUT2D eigenvalue weighted by atomic mass is 16.6. The Morgan fingerprint density at radius 2 is 0.505 bits per heavy atom. The van der Waals surface area contributed by atoms with Crippen LogP contribution in [-0.4, -0.2) is 355 Å². The number of unbranched alkanes of at least 4 members (excludes halogenated alkanes) is 1. The van der Waals surface area contributed by atoms with E-state index in [-0.39, 0.29) is 48.2 Å². The first-order chi connectivity index (χ1) is 45.8. The highest BCUT2D eigenvalue weighted by Gasteiger charge is 2.25. The Balaban J connectivity index is 3.19. The summed E-state index contributed by atoms with van der Waals surface area (Å²) in [5, 5.41) is 5.94. The molecule has 0 aliphatic rings. The van der Waals surface area contributed by atoms with Gasteiger partial charge in [0.1, 0.15) is 5.78 Å². The van der Waals surface area contributed by atoms with Crippen molar-refractivity contribution in [1.29, 1.82) is 0 Å². The van der Waals surface area contributed by atoms with E-state index in [0.717, 1.165) is 12.8 Å². The Kier molecular flexibility index (Phi) is 76.9. The number of nitrogens with one attached hydrogen (secondary N) is 2. The van der Waals surface area contributed by atoms with Gasteiger partial charge in [0.2, 0.25) is 5.91 Å². The number of ketones is 2. The van der Waals surface area contributed by atoms with Crippen molar-refractivity contribution in [2.45, 2.75) is 58.9 Å². The molecule has 93 heavy (non-hydrogen) atoms. The second kappa shape index (κ2) is 78.8. The zero-order valence-corrected chi connectivity index (χ0v) is 57.7. The molecule has 0 radical (unpaired) electrons. The monoisotopic (exact) mass is 1350 g/mol. The summed E-state index contributed by atoms with van der Waals surface area (Å²) in [6, 6.07) is -0.247. The fourth-order valence-corrected chi connectivity index (χ4v) is 7.76. The molecule has 29 nitrogen and oxygen atoms in total. The first-order valence-electron chi connectivity index (χ1n) is 33.6. The summed E-state index contributed by atoms with van der Waals surface area (Å²) in [7, 11) is 3.41. The van der Waals surface area contributed by atoms with Crippen LogP contribution in [0.3, 0.4) is 0 Å². The van der Waals surface area contributed by atoms with Gasteiger partial charge in [-0.2, -0.15) is 0 Å². The van der Waals surface area contributed by atoms with Crippen LogP contribution >= 0.6 is 0 Å². The van der Waals surface area contributed by atoms with E-state index >= 15 is 0 Å². The van der Waals surface area contributed by atoms with Crippen LogP contribution in [-0.2, 0) is 128 Å². The van der Waals surface area contributed by atoms with Crippen LogP contribution in [0.4, 0.5) is 0 Å². The molecular formula is C64H126N2O27. The van der Waals surface area contributed by atoms with E-state index < -0.39 is 0 Å². The molecule has 0 aliphatic heterocycles. The van der Waals surface area contributed by atoms with Gasteiger partial charge in [-0.1, -0.05) is 20.3 Å². The summed E-state index contributed by atoms with van der Waals surface area (Å²) in [5.41, 5.74) is 0. The molecule has 0 aromatic heterocycles. The fourth-order valence-electron chi connectivity index (χ4n) is 7.76. The second-order valence-electron chi connectivity index (χ2n) is 20.7. The number of carbonyl (C=O) groups excluding carboxylic acids is 3. The Bertz CT molecular complexity index is 1510. The van der Waals surface area contributed by atoms with Crippen molar-refractivity contribution in [2.75, 3.05) is 331 Å². The Hall–Kier alpha value is -2.19. The van der Waals surface area contributed by atoms with Gasteiger partial charge in [0.15, 0.2) is 5.78 Å². The molecule has 2 atom stereocenters. The molecule has 2 N–H and O–H groups in total. The smallest absolute Gasteiger partial charge is 0.222 e. The molecule has 0 bridgehead atoms. The Morgan fingerprint density at radius 1 is 0.301 bits per heavy atom. The Labute approximate surface area is 556 Å². The van der Waals surface area contributed by atoms with Gasteiger partial charge >= 0.3 is 0 Å². The molecule has 0 aromatic carbocycles. The van der Waals surface area contributed by atoms with Gasteiger partial charge < -0.3 is 124 Å². The quantitative estimate of drug-likeness (QED) is 0.0824. The normalized spacial score (nSPS) is 12.4. The summed E-state index contributed by atoms with van der Waals surface area (Å²) < 4.78 is 131. The van der Waals surface area contributed by atoms with Gasteiger partial charge in [0.05, 0.1) is 317 Å². The molecule has 29 heteroatoms. The molecule has 0 aliphatic carbocycles. The minimum absolute atomic E-state index is 0.0310. The lowest BCUT2D eigenvalue weighted by atomic mass is 9.88. The molecule has 0 saturated heterocycles. The number of rotatable bonds is 83. The third kappa shape index (κ3) is 73.9. The van der Waals surface area contributed by atoms with E-state index in [1.807, 2.05) is 13.8 Å². The van der Waals surface area contributed by atoms with Crippen LogP contribution < -0.4 is 10.6 Å². The Morgan fingerprint density at radius 3 is 0.688 bits per heavy atom. The maximum atomic E-state index is 12.6. The predicted molar refractivity (Wildman–Crippen MR) is 344 cm³/mol. The lowest BCUT2D eigenvalue weighted by Crippen LogP contribution is -2.40. The zero-order valence-electron chi connectivity index (χ0n) is 57.7. The van der Waals surface area contributed by atoms with Crippen molar-refractivity contribution in [1.82, 2.24) is 10.6 Å². The van der Waals surface area contributed by atoms with Crippen molar-refractivity contribution in [2.24, 2.45) is 11.8 Å². The minimum Gasteiger partial charge on any atom is -0.382 e. The van der Waals surface area contributed by atoms with Crippen molar-refractivity contribution in [3.05, 3.63) is 0 Å². The van der Waals surface area contributed by atoms with Crippen LogP contribution in [0.25, 0.3) is 0 Å². The first-order valence-corrected chi connectivity index (χ1v) is 33.6. The maximum absolute atomic E-state index is 12.6. The van der Waals surface area contributed by atoms with Crippen molar-refractivity contribution in [3.8, 4) is 0 Å². The van der Waals surface area contributed by atoms with Gasteiger partial charge in [-0.15, -0.1) is 0 Å². The van der Waals surface area contributed by atoms with E-state index in [0.29, 0.717) is 323 Å². The highest BCUT2D eigenvalue weighted by Crippen LogP contribution is 2.17. The highest BCUT2D eigenvalue weighted by molar-refractivity contribution is 5.89. The number of hydrogen-bond acceptors (Lipinski definition) is 28. The van der Waals surface area contributed by atoms with Gasteiger partial charge in [0.25, 0.3) is 0 Å². The lowest BCUT2D eigenvalue weighted by molar-refractivity contribution is -0.128. The maximum Gasteiger partial charge on any atom is 0.222 e. The second-order valence-corrected chi connectivity index (χ2v) is 20.7. The number of Topliss-reactive ketones (excluding diaryl/α,β-unsaturated/α-hetero) is 2. The van der Waals surface area contributed by atoms with Crippen LogP contribution in [0.15, 0.2) is 0 Å². The number of amides is 1. The largest absolute Gasteiger partial charge is 0.382 e. The minimum atomic E-state index is -0.283. The van der Waals surface area contributed by atoms with Crippen LogP contribution in [0.2, 0.25) is 0 Å². The molecule has 0 rings (SSSR count). The summed E-state index contributed by atoms with van der Waals surface area (Å²) >= 11 is 0. The molecular weight excluding hydrogens is 1230 g/mol. The van der Waals surface area contributed by atoms with Gasteiger partial charge in [0, 0.05) is 32.4 Å². The number of ether oxygens (including phenoxy) is 24. The summed E-state index contributed by atoms with van der Waals surface area (Å²) in [4.78, 5) is 36.8. The molecule has 0 spiro atoms. The number of carbonyl (C=O) groups is 3. The summed E-state index contributed by atoms with van der Waals surface area (Å²) in [6.07, 6.45) is 2.64. The summed E-state index contributed by atoms with van der Waals surface area (Å²) in [5.74, 6) is -0.104. The SMILES string of the molecule is CN[C@H](C(=O)C[C@@H](CCCCNC(=O)CCOCCOCCOCCOCCOCCOCCOCCOCCOCCOCCOCCOCCOCCOCCOCCOCCOCCOCCOCCOCCOCCOCCOCCOC)C(C)=O)C(C)C. The van der Waals surface area contributed by atoms with Crippen LogP contribution in [0.5, 0.6) is 0 Å². The zero-order chi connectivity index (χ0) is 67.3. The standard InChI is InChI=1S/C64H126N2O27/c1-59(2)64(65-4)62(68)58-61(60(3)67)8-6-7-10-66-63(69)9-11-71-14-15-73-18-19-75-22-23-77-26-27-79-30-31-81-34-35-83-38-39-85-42-43-87-46-47-89-50-51-91-54-55-93-57-56-92-53-52-90-49-48-88-45-44-86-41-40-84-37-36-82-33-32-80-29-28-78-25-24-76-21-20-74-17-16-72-13-12-70-5/h59,61,64-65H,6-58H2,1-5H3,(H,66,69)/t61-,64+/m1/s1. The van der Waals surface area contributed by atoms with E-state index in [2.05, 4.69) is 10.6 Å². The van der Waals surface area contributed by atoms with Crippen LogP contribution in [0, 0.1) is 11.8 Å². The number of hydrogen-bond donors (Lipinski definition) is 2. The molecule has 0 fully saturated rings. The average molecular weight is 1360 g/mol. The molecule has 0 aromatic rings. The van der Waals surface area contributed by atoms with Gasteiger partial charge in [-0.05, 0) is 32.7 Å². The molecule has 0 saturated carbocycles. The fraction of sp³-hybridized carbons (Fsp3) is 0.953. The van der Waals surface area contributed by atoms with Crippen molar-refractivity contribution < 1.29 is 128 Å². The van der Waals surface area contributed by atoms with Crippen LogP contribution in [0.1, 0.15) is 52.9 Å². The van der Waals surface area contributed by atoms with E-state index in [1.54, 1.807) is 21.1 Å². The van der Waals surface area contributed by atoms with E-state index in [4.69, 9.17) is 114 Å². The number of methoxy groups -OCH3 is 1. The predicted octanol–water partition coefficient (Wildman–Crippen LogP) is 2.10. The van der Waals surface area contributed by atoms with Gasteiger partial charge in [-0.25, -0.2) is 0 Å². The van der Waals surface area contributed by atoms with Crippen molar-refractivity contribution >= 4 is 17.5 Å². The average Bonchev–Trinajstić information content (AvgIpc) is 3.31. The third-order valence-corrected chi connectivity index (χ3v) is 12.7. The van der Waals surface area contributed by atoms with E-state index in [9.17, 15) is 14.4 Å². The third-order valence-electron chi connectivity index (χ3n) is 12.7. The van der Waals surface area contributed by atoms with Gasteiger partial charge in [-0.3, -0.25) is 14.4 Å². The molecule has 0 unspecified atom stereocenters. The topological polar surface area (TPSA) is 297 Å². The summed E-state index contributed by atoms with van der Waals surface area (Å²) in [6.45, 7) is 28.5. The van der Waals surface area contributed by atoms with Crippen molar-refractivity contribution in [3.63, 3.8) is 0 Å². The lowest BCUT2D eigenvalue weighted by Gasteiger charge is -2.21. The number of likely N-dealkylation sites (N-methyl/N-ethyl adjacent to an activating group) is 1. The first kappa shape index (κ1) is 90.8.